The lowest BCUT2D eigenvalue weighted by Crippen LogP contribution is -2.02. The zero-order chi connectivity index (χ0) is 8.27. The summed E-state index contributed by atoms with van der Waals surface area (Å²) in [7, 11) is 1.89. The van der Waals surface area contributed by atoms with Gasteiger partial charge in [-0.1, -0.05) is 6.92 Å². The monoisotopic (exact) mass is 152 g/mol. The quantitative estimate of drug-likeness (QED) is 0.608. The normalized spacial score (nSPS) is 12.9. The van der Waals surface area contributed by atoms with Crippen molar-refractivity contribution in [3.05, 3.63) is 18.0 Å². The first kappa shape index (κ1) is 7.98. The van der Waals surface area contributed by atoms with Crippen molar-refractivity contribution in [1.29, 1.82) is 0 Å². The van der Waals surface area contributed by atoms with E-state index in [9.17, 15) is 4.79 Å². The number of hydrogen-bond donors (Lipinski definition) is 0. The molecule has 0 N–H and O–H groups in total. The van der Waals surface area contributed by atoms with Gasteiger partial charge >= 0.3 is 0 Å². The van der Waals surface area contributed by atoms with Crippen LogP contribution in [0.5, 0.6) is 0 Å². The molecule has 0 bridgehead atoms. The first-order valence-electron chi connectivity index (χ1n) is 3.67. The zero-order valence-corrected chi connectivity index (χ0v) is 6.82. The zero-order valence-electron chi connectivity index (χ0n) is 6.82. The summed E-state index contributed by atoms with van der Waals surface area (Å²) in [6.45, 7) is 2.02. The molecule has 1 aromatic heterocycles. The molecule has 0 aliphatic carbocycles. The van der Waals surface area contributed by atoms with E-state index in [-0.39, 0.29) is 5.92 Å². The molecule has 3 heteroatoms. The van der Waals surface area contributed by atoms with Gasteiger partial charge in [0, 0.05) is 31.3 Å². The van der Waals surface area contributed by atoms with Crippen LogP contribution < -0.4 is 0 Å². The topological polar surface area (TPSA) is 34.9 Å². The van der Waals surface area contributed by atoms with Crippen LogP contribution in [0.3, 0.4) is 0 Å². The van der Waals surface area contributed by atoms with Gasteiger partial charge in [-0.05, 0) is 6.07 Å². The Bertz CT molecular complexity index is 242. The van der Waals surface area contributed by atoms with Crippen LogP contribution >= 0.6 is 0 Å². The van der Waals surface area contributed by atoms with Crippen LogP contribution in [0.2, 0.25) is 0 Å². The van der Waals surface area contributed by atoms with Gasteiger partial charge in [0.25, 0.3) is 0 Å². The molecule has 1 rings (SSSR count). The Labute approximate surface area is 66.0 Å². The summed E-state index contributed by atoms with van der Waals surface area (Å²) in [4.78, 5) is 10.2. The molecule has 0 radical (unpaired) electrons. The summed E-state index contributed by atoms with van der Waals surface area (Å²) >= 11 is 0. The molecule has 0 aliphatic rings. The summed E-state index contributed by atoms with van der Waals surface area (Å²) in [5.74, 6) is 0.278. The highest BCUT2D eigenvalue weighted by Crippen LogP contribution is 2.15. The molecular weight excluding hydrogens is 140 g/mol. The smallest absolute Gasteiger partial charge is 0.120 e. The molecule has 1 atom stereocenters. The summed E-state index contributed by atoms with van der Waals surface area (Å²) in [6.07, 6.45) is 3.26. The summed E-state index contributed by atoms with van der Waals surface area (Å²) in [6, 6.07) is 1.94. The number of aryl methyl sites for hydroxylation is 1. The minimum Gasteiger partial charge on any atom is -0.303 e. The molecule has 0 fully saturated rings. The molecule has 0 amide bonds. The Hall–Kier alpha value is -1.12. The van der Waals surface area contributed by atoms with E-state index in [4.69, 9.17) is 0 Å². The van der Waals surface area contributed by atoms with Crippen LogP contribution in [0.25, 0.3) is 0 Å². The van der Waals surface area contributed by atoms with Crippen molar-refractivity contribution in [2.24, 2.45) is 7.05 Å². The Balaban J connectivity index is 2.74. The van der Waals surface area contributed by atoms with Crippen molar-refractivity contribution >= 4 is 6.29 Å². The van der Waals surface area contributed by atoms with Gasteiger partial charge in [0.1, 0.15) is 6.29 Å². The third-order valence-corrected chi connectivity index (χ3v) is 1.81. The number of carbonyl (C=O) groups excluding carboxylic acids is 1. The van der Waals surface area contributed by atoms with Crippen LogP contribution in [0.1, 0.15) is 25.0 Å². The molecule has 60 valence electrons. The first-order valence-corrected chi connectivity index (χ1v) is 3.67. The second-order valence-electron chi connectivity index (χ2n) is 2.68. The summed E-state index contributed by atoms with van der Waals surface area (Å²) in [5.41, 5.74) is 1.11. The van der Waals surface area contributed by atoms with Gasteiger partial charge in [-0.3, -0.25) is 4.68 Å². The molecule has 0 aliphatic heterocycles. The lowest BCUT2D eigenvalue weighted by molar-refractivity contribution is -0.108. The molecule has 0 aromatic carbocycles. The number of aromatic nitrogens is 2. The van der Waals surface area contributed by atoms with Crippen LogP contribution in [0.15, 0.2) is 12.3 Å². The van der Waals surface area contributed by atoms with Gasteiger partial charge in [-0.2, -0.15) is 5.10 Å². The molecule has 0 spiro atoms. The molecule has 0 saturated heterocycles. The van der Waals surface area contributed by atoms with E-state index in [0.29, 0.717) is 6.42 Å². The molecular formula is C8H12N2O. The highest BCUT2D eigenvalue weighted by molar-refractivity contribution is 5.51. The van der Waals surface area contributed by atoms with Crippen LogP contribution in [-0.2, 0) is 11.8 Å². The van der Waals surface area contributed by atoms with E-state index in [2.05, 4.69) is 5.10 Å². The Morgan fingerprint density at radius 2 is 2.55 bits per heavy atom. The highest BCUT2D eigenvalue weighted by atomic mass is 16.1. The average Bonchev–Trinajstić information content (AvgIpc) is 2.36. The average molecular weight is 152 g/mol. The van der Waals surface area contributed by atoms with E-state index in [0.717, 1.165) is 12.0 Å². The maximum atomic E-state index is 10.2. The van der Waals surface area contributed by atoms with Gasteiger partial charge in [0.15, 0.2) is 0 Å². The number of aldehydes is 1. The van der Waals surface area contributed by atoms with E-state index in [1.165, 1.54) is 0 Å². The standard InChI is InChI=1S/C8H12N2O/c1-7(4-6-11)8-3-5-9-10(8)2/h3,5-7H,4H2,1-2H3. The van der Waals surface area contributed by atoms with E-state index in [1.807, 2.05) is 20.0 Å². The molecule has 3 nitrogen and oxygen atoms in total. The van der Waals surface area contributed by atoms with Gasteiger partial charge in [0.05, 0.1) is 0 Å². The maximum absolute atomic E-state index is 10.2. The summed E-state index contributed by atoms with van der Waals surface area (Å²) < 4.78 is 1.80. The van der Waals surface area contributed by atoms with Crippen molar-refractivity contribution < 1.29 is 4.79 Å². The number of carbonyl (C=O) groups is 1. The fourth-order valence-corrected chi connectivity index (χ4v) is 1.13. The second-order valence-corrected chi connectivity index (χ2v) is 2.68. The van der Waals surface area contributed by atoms with Crippen molar-refractivity contribution in [3.8, 4) is 0 Å². The first-order chi connectivity index (χ1) is 5.25. The summed E-state index contributed by atoms with van der Waals surface area (Å²) in [5, 5.41) is 4.02. The highest BCUT2D eigenvalue weighted by Gasteiger charge is 2.07. The number of hydrogen-bond acceptors (Lipinski definition) is 2. The maximum Gasteiger partial charge on any atom is 0.120 e. The van der Waals surface area contributed by atoms with Gasteiger partial charge in [-0.15, -0.1) is 0 Å². The van der Waals surface area contributed by atoms with E-state index < -0.39 is 0 Å². The Kier molecular flexibility index (Phi) is 2.41. The molecule has 1 heterocycles. The van der Waals surface area contributed by atoms with Crippen molar-refractivity contribution in [1.82, 2.24) is 9.78 Å². The molecule has 1 aromatic rings. The second kappa shape index (κ2) is 3.32. The van der Waals surface area contributed by atoms with Crippen molar-refractivity contribution in [2.75, 3.05) is 0 Å². The van der Waals surface area contributed by atoms with Crippen LogP contribution in [-0.4, -0.2) is 16.1 Å². The number of nitrogens with zero attached hydrogens (tertiary/aromatic N) is 2. The predicted octanol–water partition coefficient (Wildman–Crippen LogP) is 1.11. The molecule has 11 heavy (non-hydrogen) atoms. The van der Waals surface area contributed by atoms with Gasteiger partial charge in [-0.25, -0.2) is 0 Å². The third kappa shape index (κ3) is 1.67. The SMILES string of the molecule is CC(CC=O)c1ccnn1C. The van der Waals surface area contributed by atoms with E-state index in [1.54, 1.807) is 10.9 Å². The van der Waals surface area contributed by atoms with Gasteiger partial charge in [0.2, 0.25) is 0 Å². The van der Waals surface area contributed by atoms with Crippen molar-refractivity contribution in [2.45, 2.75) is 19.3 Å². The largest absolute Gasteiger partial charge is 0.303 e. The van der Waals surface area contributed by atoms with Gasteiger partial charge < -0.3 is 4.79 Å². The minimum absolute atomic E-state index is 0.278. The number of rotatable bonds is 3. The fourth-order valence-electron chi connectivity index (χ4n) is 1.13. The van der Waals surface area contributed by atoms with Crippen LogP contribution in [0.4, 0.5) is 0 Å². The lowest BCUT2D eigenvalue weighted by atomic mass is 10.1. The third-order valence-electron chi connectivity index (χ3n) is 1.81. The Morgan fingerprint density at radius 3 is 3.00 bits per heavy atom. The molecule has 1 unspecified atom stereocenters. The predicted molar refractivity (Wildman–Crippen MR) is 42.3 cm³/mol. The lowest BCUT2D eigenvalue weighted by Gasteiger charge is -2.06. The molecule has 0 saturated carbocycles. The van der Waals surface area contributed by atoms with Crippen LogP contribution in [0, 0.1) is 0 Å². The van der Waals surface area contributed by atoms with Crippen molar-refractivity contribution in [3.63, 3.8) is 0 Å². The Morgan fingerprint density at radius 1 is 1.82 bits per heavy atom. The fraction of sp³-hybridized carbons (Fsp3) is 0.500. The minimum atomic E-state index is 0.278. The van der Waals surface area contributed by atoms with E-state index >= 15 is 0 Å².